The SMILES string of the molecule is O=C(CCC(CC1CCCCC1)C1OCC(F)(F)C(F)(F)CO1)OCC1COC(C(CCC(=O)OCC(F)(F)S(=O)(=O)O)CC2CCCCC2)O1. The maximum absolute atomic E-state index is 14.0. The Kier molecular flexibility index (Phi) is 15.3. The summed E-state index contributed by atoms with van der Waals surface area (Å²) in [5, 5.41) is -4.64. The second-order valence-electron chi connectivity index (χ2n) is 14.4. The topological polar surface area (TPSA) is 144 Å². The molecule has 2 saturated carbocycles. The van der Waals surface area contributed by atoms with Crippen molar-refractivity contribution in [3.05, 3.63) is 0 Å². The summed E-state index contributed by atoms with van der Waals surface area (Å²) >= 11 is 0. The predicted molar refractivity (Wildman–Crippen MR) is 166 cm³/mol. The molecule has 0 aromatic heterocycles. The summed E-state index contributed by atoms with van der Waals surface area (Å²) in [5.41, 5.74) is 0. The highest BCUT2D eigenvalue weighted by atomic mass is 32.2. The van der Waals surface area contributed by atoms with Crippen LogP contribution in [0.15, 0.2) is 0 Å². The largest absolute Gasteiger partial charge is 0.463 e. The standard InChI is InChI=1S/C33H50F6O11S/c34-31(35)19-48-29(49-20-32(31,36)37)24(15-22-7-3-1-4-8-22)11-13-27(40)45-17-26-18-46-30(50-26)25(16-23-9-5-2-6-10-23)12-14-28(41)47-21-33(38,39)51(42,43)44/h22-26,29-30H,1-21H2,(H,42,43,44). The summed E-state index contributed by atoms with van der Waals surface area (Å²) in [6.45, 7) is -4.94. The monoisotopic (exact) mass is 768 g/mol. The Balaban J connectivity index is 1.27. The zero-order valence-electron chi connectivity index (χ0n) is 28.6. The number of rotatable bonds is 17. The molecular weight excluding hydrogens is 718 g/mol. The number of alkyl halides is 6. The molecule has 51 heavy (non-hydrogen) atoms. The molecule has 11 nitrogen and oxygen atoms in total. The van der Waals surface area contributed by atoms with Gasteiger partial charge in [-0.1, -0.05) is 64.2 Å². The van der Waals surface area contributed by atoms with Crippen molar-refractivity contribution in [3.8, 4) is 0 Å². The minimum atomic E-state index is -5.76. The zero-order chi connectivity index (χ0) is 37.3. The van der Waals surface area contributed by atoms with E-state index >= 15 is 0 Å². The van der Waals surface area contributed by atoms with Crippen molar-refractivity contribution in [3.63, 3.8) is 0 Å². The fraction of sp³-hybridized carbons (Fsp3) is 0.939. The number of halogens is 6. The first-order valence-corrected chi connectivity index (χ1v) is 19.3. The molecule has 1 N–H and O–H groups in total. The third-order valence-corrected chi connectivity index (χ3v) is 11.2. The highest BCUT2D eigenvalue weighted by molar-refractivity contribution is 7.86. The van der Waals surface area contributed by atoms with E-state index < -0.39 is 83.6 Å². The number of ether oxygens (including phenoxy) is 6. The van der Waals surface area contributed by atoms with E-state index in [0.717, 1.165) is 64.2 Å². The molecule has 4 fully saturated rings. The van der Waals surface area contributed by atoms with Crippen molar-refractivity contribution in [1.29, 1.82) is 0 Å². The van der Waals surface area contributed by atoms with Gasteiger partial charge in [-0.3, -0.25) is 14.1 Å². The van der Waals surface area contributed by atoms with Crippen LogP contribution < -0.4 is 0 Å². The average Bonchev–Trinajstić information content (AvgIpc) is 3.52. The van der Waals surface area contributed by atoms with Gasteiger partial charge in [0.05, 0.1) is 6.61 Å². The van der Waals surface area contributed by atoms with E-state index in [-0.39, 0.29) is 50.7 Å². The number of carbonyl (C=O) groups is 2. The van der Waals surface area contributed by atoms with Crippen LogP contribution in [0.5, 0.6) is 0 Å². The first-order valence-electron chi connectivity index (χ1n) is 17.9. The van der Waals surface area contributed by atoms with E-state index in [9.17, 15) is 44.3 Å². The summed E-state index contributed by atoms with van der Waals surface area (Å²) in [6, 6.07) is 0. The van der Waals surface area contributed by atoms with E-state index in [4.69, 9.17) is 28.2 Å². The minimum absolute atomic E-state index is 0.0562. The Morgan fingerprint density at radius 2 is 1.22 bits per heavy atom. The lowest BCUT2D eigenvalue weighted by Crippen LogP contribution is -2.45. The molecular formula is C33H50F6O11S. The van der Waals surface area contributed by atoms with Crippen LogP contribution >= 0.6 is 0 Å². The molecule has 0 amide bonds. The van der Waals surface area contributed by atoms with Crippen molar-refractivity contribution < 1.29 is 77.3 Å². The van der Waals surface area contributed by atoms with Gasteiger partial charge < -0.3 is 28.4 Å². The summed E-state index contributed by atoms with van der Waals surface area (Å²) in [4.78, 5) is 25.0. The van der Waals surface area contributed by atoms with Crippen molar-refractivity contribution in [1.82, 2.24) is 0 Å². The van der Waals surface area contributed by atoms with Crippen molar-refractivity contribution in [2.24, 2.45) is 23.7 Å². The van der Waals surface area contributed by atoms with Crippen molar-refractivity contribution in [2.75, 3.05) is 33.0 Å². The van der Waals surface area contributed by atoms with Crippen molar-refractivity contribution in [2.45, 2.75) is 139 Å². The van der Waals surface area contributed by atoms with Crippen LogP contribution in [-0.4, -0.2) is 93.7 Å². The smallest absolute Gasteiger partial charge is 0.402 e. The summed E-state index contributed by atoms with van der Waals surface area (Å²) in [7, 11) is -5.76. The van der Waals surface area contributed by atoms with Gasteiger partial charge >= 0.3 is 39.2 Å². The van der Waals surface area contributed by atoms with E-state index in [1.54, 1.807) is 0 Å². The van der Waals surface area contributed by atoms with Gasteiger partial charge in [0.15, 0.2) is 19.2 Å². The molecule has 2 aliphatic heterocycles. The molecule has 2 aliphatic carbocycles. The second kappa shape index (κ2) is 18.5. The second-order valence-corrected chi connectivity index (χ2v) is 15.9. The van der Waals surface area contributed by atoms with Crippen LogP contribution in [0.3, 0.4) is 0 Å². The third-order valence-electron chi connectivity index (χ3n) is 10.3. The van der Waals surface area contributed by atoms with Gasteiger partial charge in [0, 0.05) is 24.7 Å². The molecule has 0 radical (unpaired) electrons. The van der Waals surface area contributed by atoms with Crippen molar-refractivity contribution >= 4 is 22.1 Å². The van der Waals surface area contributed by atoms with Gasteiger partial charge in [-0.25, -0.2) is 0 Å². The van der Waals surface area contributed by atoms with E-state index in [1.807, 2.05) is 0 Å². The molecule has 0 aromatic rings. The molecule has 296 valence electrons. The quantitative estimate of drug-likeness (QED) is 0.0963. The maximum Gasteiger partial charge on any atom is 0.402 e. The number of esters is 2. The van der Waals surface area contributed by atoms with Gasteiger partial charge in [-0.2, -0.15) is 34.8 Å². The molecule has 4 unspecified atom stereocenters. The Hall–Kier alpha value is -1.73. The van der Waals surface area contributed by atoms with Crippen LogP contribution in [-0.2, 0) is 48.1 Å². The van der Waals surface area contributed by atoms with Crippen LogP contribution in [0.4, 0.5) is 26.3 Å². The molecule has 4 rings (SSSR count). The molecule has 2 saturated heterocycles. The lowest BCUT2D eigenvalue weighted by Gasteiger charge is -2.31. The summed E-state index contributed by atoms with van der Waals surface area (Å²) in [5.74, 6) is -10.9. The number of carbonyl (C=O) groups excluding carboxylic acids is 2. The molecule has 0 bridgehead atoms. The summed E-state index contributed by atoms with van der Waals surface area (Å²) in [6.07, 6.45) is 7.97. The molecule has 2 heterocycles. The van der Waals surface area contributed by atoms with Crippen LogP contribution in [0.25, 0.3) is 0 Å². The minimum Gasteiger partial charge on any atom is -0.463 e. The fourth-order valence-electron chi connectivity index (χ4n) is 7.32. The summed E-state index contributed by atoms with van der Waals surface area (Å²) < 4.78 is 145. The van der Waals surface area contributed by atoms with Gasteiger partial charge in [0.1, 0.15) is 25.9 Å². The predicted octanol–water partition coefficient (Wildman–Crippen LogP) is 6.67. The third kappa shape index (κ3) is 12.7. The van der Waals surface area contributed by atoms with E-state index in [0.29, 0.717) is 18.8 Å². The molecule has 0 spiro atoms. The average molecular weight is 769 g/mol. The van der Waals surface area contributed by atoms with E-state index in [2.05, 4.69) is 4.74 Å². The fourth-order valence-corrected chi connectivity index (χ4v) is 7.53. The highest BCUT2D eigenvalue weighted by Crippen LogP contribution is 2.41. The highest BCUT2D eigenvalue weighted by Gasteiger charge is 2.59. The lowest BCUT2D eigenvalue weighted by atomic mass is 9.81. The lowest BCUT2D eigenvalue weighted by molar-refractivity contribution is -0.222. The van der Waals surface area contributed by atoms with Crippen LogP contribution in [0, 0.1) is 23.7 Å². The van der Waals surface area contributed by atoms with Gasteiger partial charge in [0.25, 0.3) is 0 Å². The Labute approximate surface area is 294 Å². The Bertz CT molecular complexity index is 1210. The van der Waals surface area contributed by atoms with Gasteiger partial charge in [0.2, 0.25) is 0 Å². The van der Waals surface area contributed by atoms with Crippen LogP contribution in [0.2, 0.25) is 0 Å². The van der Waals surface area contributed by atoms with Gasteiger partial charge in [-0.05, 0) is 37.5 Å². The number of hydrogen-bond donors (Lipinski definition) is 1. The maximum atomic E-state index is 14.0. The van der Waals surface area contributed by atoms with Crippen LogP contribution in [0.1, 0.15) is 103 Å². The van der Waals surface area contributed by atoms with E-state index in [1.165, 1.54) is 0 Å². The first kappa shape index (κ1) is 42.0. The number of hydrogen-bond acceptors (Lipinski definition) is 10. The van der Waals surface area contributed by atoms with Gasteiger partial charge in [-0.15, -0.1) is 0 Å². The molecule has 4 atom stereocenters. The Morgan fingerprint density at radius 3 is 1.71 bits per heavy atom. The first-order chi connectivity index (χ1) is 24.0. The normalized spacial score (nSPS) is 26.6. The molecule has 18 heteroatoms. The zero-order valence-corrected chi connectivity index (χ0v) is 29.4. The Morgan fingerprint density at radius 1 is 0.745 bits per heavy atom. The molecule has 0 aromatic carbocycles. The molecule has 4 aliphatic rings.